The number of hydrogen-bond donors (Lipinski definition) is 0. The Morgan fingerprint density at radius 3 is 2.29 bits per heavy atom. The number of hydrogen-bond acceptors (Lipinski definition) is 2. The first-order valence-electron chi connectivity index (χ1n) is 7.39. The highest BCUT2D eigenvalue weighted by atomic mass is 19.1. The normalized spacial score (nSPS) is 10.5. The molecule has 4 heteroatoms. The van der Waals surface area contributed by atoms with E-state index in [9.17, 15) is 13.6 Å². The number of benzene rings is 3. The third-order valence-electron chi connectivity index (χ3n) is 3.66. The average Bonchev–Trinajstić information content (AvgIpc) is 2.60. The summed E-state index contributed by atoms with van der Waals surface area (Å²) in [5.41, 5.74) is 1.00. The van der Waals surface area contributed by atoms with E-state index in [1.165, 1.54) is 13.0 Å². The van der Waals surface area contributed by atoms with E-state index >= 15 is 0 Å². The van der Waals surface area contributed by atoms with Gasteiger partial charge in [0, 0.05) is 5.56 Å². The molecule has 0 aliphatic carbocycles. The molecule has 0 fully saturated rings. The van der Waals surface area contributed by atoms with Gasteiger partial charge in [-0.05, 0) is 30.2 Å². The van der Waals surface area contributed by atoms with E-state index in [4.69, 9.17) is 4.74 Å². The van der Waals surface area contributed by atoms with Crippen LogP contribution in [0.25, 0.3) is 11.1 Å². The van der Waals surface area contributed by atoms with Crippen LogP contribution < -0.4 is 4.74 Å². The Morgan fingerprint density at radius 2 is 1.54 bits per heavy atom. The molecule has 0 aliphatic rings. The van der Waals surface area contributed by atoms with Gasteiger partial charge >= 0.3 is 5.97 Å². The van der Waals surface area contributed by atoms with Crippen LogP contribution in [0, 0.1) is 18.6 Å². The van der Waals surface area contributed by atoms with E-state index < -0.39 is 23.2 Å². The number of ether oxygens (including phenoxy) is 1. The van der Waals surface area contributed by atoms with Crippen LogP contribution in [0.4, 0.5) is 8.78 Å². The quantitative estimate of drug-likeness (QED) is 0.491. The lowest BCUT2D eigenvalue weighted by molar-refractivity contribution is 0.0725. The van der Waals surface area contributed by atoms with Gasteiger partial charge in [0.1, 0.15) is 22.9 Å². The van der Waals surface area contributed by atoms with Crippen LogP contribution in [0.15, 0.2) is 66.7 Å². The van der Waals surface area contributed by atoms with Crippen molar-refractivity contribution in [3.05, 3.63) is 89.5 Å². The standard InChI is InChI=1S/C20H14F2O2/c1-13-11-12-16(21)18(19(13)22)20(23)24-17-10-6-5-9-15(17)14-7-3-2-4-8-14/h2-12H,1H3. The molecule has 24 heavy (non-hydrogen) atoms. The number of para-hydroxylation sites is 1. The zero-order valence-corrected chi connectivity index (χ0v) is 12.9. The van der Waals surface area contributed by atoms with Crippen molar-refractivity contribution in [2.45, 2.75) is 6.92 Å². The lowest BCUT2D eigenvalue weighted by atomic mass is 10.0. The lowest BCUT2D eigenvalue weighted by Crippen LogP contribution is -2.14. The molecule has 0 radical (unpaired) electrons. The van der Waals surface area contributed by atoms with Gasteiger partial charge in [-0.25, -0.2) is 13.6 Å². The molecule has 2 nitrogen and oxygen atoms in total. The van der Waals surface area contributed by atoms with Crippen LogP contribution in [0.3, 0.4) is 0 Å². The first kappa shape index (κ1) is 15.9. The summed E-state index contributed by atoms with van der Waals surface area (Å²) < 4.78 is 33.2. The zero-order valence-electron chi connectivity index (χ0n) is 12.9. The maximum Gasteiger partial charge on any atom is 0.349 e. The van der Waals surface area contributed by atoms with Gasteiger partial charge in [0.05, 0.1) is 0 Å². The third-order valence-corrected chi connectivity index (χ3v) is 3.66. The number of carbonyl (C=O) groups excluding carboxylic acids is 1. The summed E-state index contributed by atoms with van der Waals surface area (Å²) in [5, 5.41) is 0. The van der Waals surface area contributed by atoms with E-state index in [1.807, 2.05) is 30.3 Å². The van der Waals surface area contributed by atoms with Crippen molar-refractivity contribution < 1.29 is 18.3 Å². The van der Waals surface area contributed by atoms with Crippen molar-refractivity contribution in [3.8, 4) is 16.9 Å². The molecule has 0 bridgehead atoms. The van der Waals surface area contributed by atoms with Crippen molar-refractivity contribution >= 4 is 5.97 Å². The van der Waals surface area contributed by atoms with Crippen LogP contribution >= 0.6 is 0 Å². The molecule has 0 heterocycles. The average molecular weight is 324 g/mol. The topological polar surface area (TPSA) is 26.3 Å². The van der Waals surface area contributed by atoms with Gasteiger partial charge in [0.2, 0.25) is 0 Å². The molecule has 0 amide bonds. The van der Waals surface area contributed by atoms with Gasteiger partial charge in [-0.3, -0.25) is 0 Å². The van der Waals surface area contributed by atoms with Crippen molar-refractivity contribution in [1.82, 2.24) is 0 Å². The van der Waals surface area contributed by atoms with Gasteiger partial charge in [0.15, 0.2) is 0 Å². The second-order valence-corrected chi connectivity index (χ2v) is 5.30. The van der Waals surface area contributed by atoms with E-state index in [0.717, 1.165) is 11.6 Å². The van der Waals surface area contributed by atoms with Crippen LogP contribution in [0.2, 0.25) is 0 Å². The van der Waals surface area contributed by atoms with Gasteiger partial charge in [0.25, 0.3) is 0 Å². The van der Waals surface area contributed by atoms with E-state index in [0.29, 0.717) is 5.56 Å². The smallest absolute Gasteiger partial charge is 0.349 e. The van der Waals surface area contributed by atoms with Gasteiger partial charge in [-0.15, -0.1) is 0 Å². The molecule has 0 atom stereocenters. The molecule has 0 aliphatic heterocycles. The summed E-state index contributed by atoms with van der Waals surface area (Å²) in [6.07, 6.45) is 0. The monoisotopic (exact) mass is 324 g/mol. The van der Waals surface area contributed by atoms with Gasteiger partial charge in [-0.1, -0.05) is 54.6 Å². The van der Waals surface area contributed by atoms with Crippen molar-refractivity contribution in [1.29, 1.82) is 0 Å². The summed E-state index contributed by atoms with van der Waals surface area (Å²) in [6, 6.07) is 18.5. The van der Waals surface area contributed by atoms with Crippen LogP contribution in [-0.2, 0) is 0 Å². The minimum Gasteiger partial charge on any atom is -0.422 e. The predicted octanol–water partition coefficient (Wildman–Crippen LogP) is 5.16. The Labute approximate surface area is 138 Å². The highest BCUT2D eigenvalue weighted by Gasteiger charge is 2.22. The zero-order chi connectivity index (χ0) is 17.1. The Hall–Kier alpha value is -3.01. The molecule has 0 saturated carbocycles. The maximum atomic E-state index is 14.1. The van der Waals surface area contributed by atoms with E-state index in [-0.39, 0.29) is 11.3 Å². The van der Waals surface area contributed by atoms with Crippen LogP contribution in [-0.4, -0.2) is 5.97 Å². The van der Waals surface area contributed by atoms with Crippen molar-refractivity contribution in [2.75, 3.05) is 0 Å². The maximum absolute atomic E-state index is 14.1. The van der Waals surface area contributed by atoms with Crippen molar-refractivity contribution in [2.24, 2.45) is 0 Å². The number of halogens is 2. The van der Waals surface area contributed by atoms with E-state index in [2.05, 4.69) is 0 Å². The summed E-state index contributed by atoms with van der Waals surface area (Å²) in [7, 11) is 0. The lowest BCUT2D eigenvalue weighted by Gasteiger charge is -2.11. The van der Waals surface area contributed by atoms with Crippen LogP contribution in [0.5, 0.6) is 5.75 Å². The minimum atomic E-state index is -1.06. The number of carbonyl (C=O) groups is 1. The fourth-order valence-corrected chi connectivity index (χ4v) is 2.41. The second kappa shape index (κ2) is 6.62. The third kappa shape index (κ3) is 3.04. The first-order chi connectivity index (χ1) is 11.6. The van der Waals surface area contributed by atoms with Gasteiger partial charge < -0.3 is 4.74 Å². The largest absolute Gasteiger partial charge is 0.422 e. The molecular weight excluding hydrogens is 310 g/mol. The molecule has 0 N–H and O–H groups in total. The molecule has 0 unspecified atom stereocenters. The molecule has 120 valence electrons. The van der Waals surface area contributed by atoms with E-state index in [1.54, 1.807) is 24.3 Å². The Balaban J connectivity index is 1.99. The first-order valence-corrected chi connectivity index (χ1v) is 7.39. The SMILES string of the molecule is Cc1ccc(F)c(C(=O)Oc2ccccc2-c2ccccc2)c1F. The molecule has 0 aromatic heterocycles. The summed E-state index contributed by atoms with van der Waals surface area (Å²) >= 11 is 0. The Kier molecular flexibility index (Phi) is 4.38. The molecule has 0 spiro atoms. The fraction of sp³-hybridized carbons (Fsp3) is 0.0500. The van der Waals surface area contributed by atoms with Crippen molar-refractivity contribution in [3.63, 3.8) is 0 Å². The molecular formula is C20H14F2O2. The summed E-state index contributed by atoms with van der Waals surface area (Å²) in [6.45, 7) is 1.46. The molecule has 3 rings (SSSR count). The molecule has 0 saturated heterocycles. The Morgan fingerprint density at radius 1 is 0.875 bits per heavy atom. The summed E-state index contributed by atoms with van der Waals surface area (Å²) in [5.74, 6) is -2.66. The molecule has 3 aromatic carbocycles. The fourth-order valence-electron chi connectivity index (χ4n) is 2.41. The second-order valence-electron chi connectivity index (χ2n) is 5.30. The van der Waals surface area contributed by atoms with Crippen LogP contribution in [0.1, 0.15) is 15.9 Å². The predicted molar refractivity (Wildman–Crippen MR) is 87.9 cm³/mol. The Bertz CT molecular complexity index is 889. The highest BCUT2D eigenvalue weighted by Crippen LogP contribution is 2.30. The van der Waals surface area contributed by atoms with Gasteiger partial charge in [-0.2, -0.15) is 0 Å². The number of aryl methyl sites for hydroxylation is 1. The minimum absolute atomic E-state index is 0.180. The number of esters is 1. The summed E-state index contributed by atoms with van der Waals surface area (Å²) in [4.78, 5) is 12.3. The highest BCUT2D eigenvalue weighted by molar-refractivity contribution is 5.93. The number of rotatable bonds is 3. The molecule has 3 aromatic rings.